The standard InChI is InChI=1S/C33H40NO7.CH3.Y/c1-20(35)38-19-28(37)33-29(40-21(2)41-33)17-26-25-11-10-23-16-24(34-39-15-13-22-8-6-5-7-9-22)12-14-31(23,3)30(25)27(36)18-32(26,33)4;;/h5-6,8-9,12,14,16,21,25-27,29-30,36H,10-11,13,15,17-19H2,1-4H3;1H3;/q2*-1;/b34-24+;;/t21?,25-,26-,27-,29+,30+,31-,32-,33+;;/m0../s1. The van der Waals surface area contributed by atoms with Gasteiger partial charge in [-0.2, -0.15) is 35.9 Å². The average molecular weight is 667 g/mol. The van der Waals surface area contributed by atoms with Gasteiger partial charge in [-0.3, -0.25) is 9.59 Å². The van der Waals surface area contributed by atoms with Crippen molar-refractivity contribution in [3.8, 4) is 0 Å². The van der Waals surface area contributed by atoms with Gasteiger partial charge in [-0.15, -0.1) is 0 Å². The maximum absolute atomic E-state index is 13.7. The molecule has 9 heteroatoms. The van der Waals surface area contributed by atoms with Gasteiger partial charge in [-0.05, 0) is 63.0 Å². The van der Waals surface area contributed by atoms with Crippen LogP contribution < -0.4 is 0 Å². The Kier molecular flexibility index (Phi) is 10.3. The predicted molar refractivity (Wildman–Crippen MR) is 157 cm³/mol. The van der Waals surface area contributed by atoms with Crippen molar-refractivity contribution in [3.05, 3.63) is 67.1 Å². The van der Waals surface area contributed by atoms with Crippen LogP contribution >= 0.6 is 0 Å². The Morgan fingerprint density at radius 3 is 2.79 bits per heavy atom. The van der Waals surface area contributed by atoms with E-state index in [9.17, 15) is 14.7 Å². The number of rotatable bonds is 7. The van der Waals surface area contributed by atoms with E-state index in [4.69, 9.17) is 19.0 Å². The van der Waals surface area contributed by atoms with E-state index in [1.54, 1.807) is 6.92 Å². The smallest absolute Gasteiger partial charge is 0.303 e. The van der Waals surface area contributed by atoms with Gasteiger partial charge in [0.05, 0.1) is 12.2 Å². The second-order valence-electron chi connectivity index (χ2n) is 12.8. The van der Waals surface area contributed by atoms with Gasteiger partial charge in [0, 0.05) is 56.4 Å². The molecule has 1 radical (unpaired) electrons. The first-order chi connectivity index (χ1) is 19.6. The second kappa shape index (κ2) is 13.0. The molecule has 4 fully saturated rings. The van der Waals surface area contributed by atoms with Crippen LogP contribution in [0.5, 0.6) is 0 Å². The minimum atomic E-state index is -1.24. The number of aliphatic hydroxyl groups is 1. The van der Waals surface area contributed by atoms with Crippen LogP contribution in [0.4, 0.5) is 0 Å². The van der Waals surface area contributed by atoms with Crippen LogP contribution in [0.3, 0.4) is 0 Å². The summed E-state index contributed by atoms with van der Waals surface area (Å²) in [5.74, 6) is -0.488. The van der Waals surface area contributed by atoms with Gasteiger partial charge in [0.2, 0.25) is 5.78 Å². The maximum Gasteiger partial charge on any atom is 0.303 e. The SMILES string of the molecule is CC(=O)OCC(=O)[C@@]12OC(C)O[C@@H]1C[C@H]1[C@@H]3CCC4=C/C(=N/OCCc5c[c-]ccc5)C=C[C@]4(C)[C@H]3[C@@H](O)C[C@@]12C.[CH3-].[Y]. The summed E-state index contributed by atoms with van der Waals surface area (Å²) in [4.78, 5) is 30.9. The van der Waals surface area contributed by atoms with Crippen LogP contribution in [-0.2, 0) is 67.8 Å². The normalized spacial score (nSPS) is 39.7. The molecule has 43 heavy (non-hydrogen) atoms. The third-order valence-electron chi connectivity index (χ3n) is 10.6. The first-order valence-electron chi connectivity index (χ1n) is 14.8. The van der Waals surface area contributed by atoms with E-state index < -0.39 is 35.5 Å². The van der Waals surface area contributed by atoms with Crippen molar-refractivity contribution in [2.45, 2.75) is 83.9 Å². The van der Waals surface area contributed by atoms with Gasteiger partial charge in [0.25, 0.3) is 0 Å². The van der Waals surface area contributed by atoms with E-state index in [0.717, 1.165) is 30.5 Å². The van der Waals surface area contributed by atoms with Crippen LogP contribution in [0.2, 0.25) is 0 Å². The van der Waals surface area contributed by atoms with Crippen LogP contribution in [-0.4, -0.2) is 59.9 Å². The molecule has 3 saturated carbocycles. The summed E-state index contributed by atoms with van der Waals surface area (Å²) in [6, 6.07) is 10.9. The van der Waals surface area contributed by atoms with Crippen molar-refractivity contribution in [2.24, 2.45) is 33.7 Å². The molecule has 0 spiro atoms. The Hall–Kier alpha value is -1.71. The summed E-state index contributed by atoms with van der Waals surface area (Å²) in [5, 5.41) is 16.2. The Bertz CT molecular complexity index is 1300. The van der Waals surface area contributed by atoms with Gasteiger partial charge >= 0.3 is 5.97 Å². The fourth-order valence-electron chi connectivity index (χ4n) is 8.96. The first-order valence-corrected chi connectivity index (χ1v) is 14.8. The molecule has 1 aliphatic heterocycles. The number of aliphatic hydroxyl groups excluding tert-OH is 1. The van der Waals surface area contributed by atoms with Crippen LogP contribution in [0.15, 0.2) is 53.2 Å². The van der Waals surface area contributed by atoms with E-state index in [1.165, 1.54) is 12.5 Å². The average Bonchev–Trinajstić information content (AvgIpc) is 3.40. The zero-order chi connectivity index (χ0) is 29.0. The number of esters is 1. The number of benzene rings is 1. The summed E-state index contributed by atoms with van der Waals surface area (Å²) in [5.41, 5.74) is 0.978. The molecule has 1 N–H and O–H groups in total. The Labute approximate surface area is 280 Å². The molecule has 1 aromatic rings. The zero-order valence-corrected chi connectivity index (χ0v) is 28.7. The second-order valence-corrected chi connectivity index (χ2v) is 12.8. The van der Waals surface area contributed by atoms with Gasteiger partial charge in [-0.25, -0.2) is 0 Å². The van der Waals surface area contributed by atoms with Gasteiger partial charge in [0.15, 0.2) is 18.5 Å². The van der Waals surface area contributed by atoms with Crippen molar-refractivity contribution >= 4 is 17.5 Å². The monoisotopic (exact) mass is 666 g/mol. The molecule has 9 atom stereocenters. The molecule has 6 rings (SSSR count). The first kappa shape index (κ1) is 34.2. The molecule has 1 unspecified atom stereocenters. The van der Waals surface area contributed by atoms with Gasteiger partial charge in [-0.1, -0.05) is 30.7 Å². The van der Waals surface area contributed by atoms with Crippen molar-refractivity contribution in [3.63, 3.8) is 0 Å². The number of ether oxygens (including phenoxy) is 3. The number of Topliss-reactive ketones (excluding diaryl/α,β-unsaturated/α-hetero) is 1. The molecule has 0 bridgehead atoms. The van der Waals surface area contributed by atoms with E-state index in [0.29, 0.717) is 19.4 Å². The minimum Gasteiger partial charge on any atom is -0.458 e. The van der Waals surface area contributed by atoms with Crippen LogP contribution in [0, 0.1) is 42.1 Å². The number of allylic oxidation sites excluding steroid dienone is 4. The van der Waals surface area contributed by atoms with E-state index >= 15 is 0 Å². The molecule has 4 aliphatic carbocycles. The molecule has 1 saturated heterocycles. The topological polar surface area (TPSA) is 104 Å². The largest absolute Gasteiger partial charge is 0.458 e. The molecular weight excluding hydrogens is 623 g/mol. The third-order valence-corrected chi connectivity index (χ3v) is 10.6. The van der Waals surface area contributed by atoms with Gasteiger partial charge in [0.1, 0.15) is 12.3 Å². The number of hydrogen-bond donors (Lipinski definition) is 1. The molecule has 0 aromatic heterocycles. The van der Waals surface area contributed by atoms with Crippen molar-refractivity contribution in [1.29, 1.82) is 0 Å². The minimum absolute atomic E-state index is 0. The summed E-state index contributed by atoms with van der Waals surface area (Å²) < 4.78 is 17.7. The van der Waals surface area contributed by atoms with E-state index in [2.05, 4.69) is 37.2 Å². The van der Waals surface area contributed by atoms with Crippen LogP contribution in [0.1, 0.15) is 58.9 Å². The summed E-state index contributed by atoms with van der Waals surface area (Å²) >= 11 is 0. The molecular formula is C34H43NO7Y-2. The number of oxime groups is 1. The summed E-state index contributed by atoms with van der Waals surface area (Å²) in [6.07, 6.45) is 8.31. The Balaban J connectivity index is 0.00000212. The number of carbonyl (C=O) groups is 2. The Morgan fingerprint density at radius 2 is 2.07 bits per heavy atom. The fourth-order valence-corrected chi connectivity index (χ4v) is 8.96. The predicted octanol–water partition coefficient (Wildman–Crippen LogP) is 4.80. The zero-order valence-electron chi connectivity index (χ0n) is 25.9. The summed E-state index contributed by atoms with van der Waals surface area (Å²) in [6.45, 7) is 7.52. The Morgan fingerprint density at radius 1 is 1.28 bits per heavy atom. The maximum atomic E-state index is 13.7. The van der Waals surface area contributed by atoms with Gasteiger partial charge < -0.3 is 31.6 Å². The molecule has 1 heterocycles. The quantitative estimate of drug-likeness (QED) is 0.193. The number of nitrogens with zero attached hydrogens (tertiary/aromatic N) is 1. The molecule has 5 aliphatic rings. The third kappa shape index (κ3) is 5.65. The molecule has 0 amide bonds. The number of carbonyl (C=O) groups excluding carboxylic acids is 2. The van der Waals surface area contributed by atoms with Crippen LogP contribution in [0.25, 0.3) is 0 Å². The molecule has 1 aromatic carbocycles. The van der Waals surface area contributed by atoms with E-state index in [-0.39, 0.29) is 75.7 Å². The molecule has 231 valence electrons. The summed E-state index contributed by atoms with van der Waals surface area (Å²) in [7, 11) is 0. The van der Waals surface area contributed by atoms with E-state index in [1.807, 2.05) is 30.3 Å². The number of ketones is 1. The number of hydrogen-bond acceptors (Lipinski definition) is 8. The van der Waals surface area contributed by atoms with Crippen molar-refractivity contribution < 1.29 is 66.5 Å². The molecule has 8 nitrogen and oxygen atoms in total. The van der Waals surface area contributed by atoms with Crippen molar-refractivity contribution in [1.82, 2.24) is 0 Å². The fraction of sp³-hybridized carbons (Fsp3) is 0.588. The van der Waals surface area contributed by atoms with Crippen molar-refractivity contribution in [2.75, 3.05) is 13.2 Å². The number of fused-ring (bicyclic) bond motifs is 7.